The van der Waals surface area contributed by atoms with E-state index in [1.54, 1.807) is 23.7 Å². The van der Waals surface area contributed by atoms with Crippen LogP contribution in [0.25, 0.3) is 0 Å². The summed E-state index contributed by atoms with van der Waals surface area (Å²) in [7, 11) is 1.68. The normalized spacial score (nSPS) is 23.9. The molecule has 150 valence electrons. The van der Waals surface area contributed by atoms with Crippen LogP contribution in [0.3, 0.4) is 0 Å². The van der Waals surface area contributed by atoms with E-state index in [2.05, 4.69) is 5.32 Å². The molecule has 2 aliphatic heterocycles. The molecule has 1 saturated heterocycles. The van der Waals surface area contributed by atoms with E-state index in [9.17, 15) is 14.4 Å². The van der Waals surface area contributed by atoms with Gasteiger partial charge < -0.3 is 10.2 Å². The Morgan fingerprint density at radius 1 is 1.29 bits per heavy atom. The first-order valence-electron chi connectivity index (χ1n) is 9.74. The zero-order valence-corrected chi connectivity index (χ0v) is 17.4. The third-order valence-electron chi connectivity index (χ3n) is 6.13. The summed E-state index contributed by atoms with van der Waals surface area (Å²) in [5, 5.41) is 3.63. The van der Waals surface area contributed by atoms with Crippen molar-refractivity contribution in [2.75, 3.05) is 19.3 Å². The van der Waals surface area contributed by atoms with Crippen molar-refractivity contribution in [1.82, 2.24) is 15.1 Å². The number of carbonyl (C=O) groups is 3. The second-order valence-corrected chi connectivity index (χ2v) is 9.34. The van der Waals surface area contributed by atoms with Gasteiger partial charge in [0.25, 0.3) is 5.91 Å². The number of hydrogen-bond donors (Lipinski definition) is 1. The maximum absolute atomic E-state index is 13.0. The number of rotatable bonds is 3. The van der Waals surface area contributed by atoms with E-state index in [-0.39, 0.29) is 30.4 Å². The van der Waals surface area contributed by atoms with E-state index < -0.39 is 5.54 Å². The molecule has 1 aliphatic carbocycles. The number of nitrogens with zero attached hydrogens (tertiary/aromatic N) is 2. The van der Waals surface area contributed by atoms with E-state index in [1.807, 2.05) is 18.2 Å². The molecule has 1 saturated carbocycles. The van der Waals surface area contributed by atoms with E-state index in [1.165, 1.54) is 0 Å². The number of fused-ring (bicyclic) bond motifs is 1. The SMILES string of the molecule is CN1C(=O)N(CC(=O)NC2CCSc3ccc(Cl)cc32)C(=O)C12CCCCC2. The van der Waals surface area contributed by atoms with Crippen LogP contribution in [0.1, 0.15) is 50.1 Å². The summed E-state index contributed by atoms with van der Waals surface area (Å²) < 4.78 is 0. The average Bonchev–Trinajstić information content (AvgIpc) is 2.85. The summed E-state index contributed by atoms with van der Waals surface area (Å²) in [5.74, 6) is 0.357. The molecule has 4 rings (SSSR count). The third-order valence-corrected chi connectivity index (χ3v) is 7.49. The van der Waals surface area contributed by atoms with Crippen LogP contribution in [-0.2, 0) is 9.59 Å². The lowest BCUT2D eigenvalue weighted by atomic mass is 9.81. The molecule has 1 aromatic carbocycles. The predicted octanol–water partition coefficient (Wildman–Crippen LogP) is 3.59. The molecule has 1 aromatic rings. The maximum Gasteiger partial charge on any atom is 0.327 e. The number of benzene rings is 1. The molecule has 2 heterocycles. The van der Waals surface area contributed by atoms with Gasteiger partial charge in [-0.3, -0.25) is 14.5 Å². The van der Waals surface area contributed by atoms with Crippen molar-refractivity contribution in [3.63, 3.8) is 0 Å². The highest BCUT2D eigenvalue weighted by molar-refractivity contribution is 7.99. The lowest BCUT2D eigenvalue weighted by Gasteiger charge is -2.35. The molecule has 0 bridgehead atoms. The second-order valence-electron chi connectivity index (χ2n) is 7.76. The van der Waals surface area contributed by atoms with Gasteiger partial charge in [0.1, 0.15) is 12.1 Å². The molecule has 0 radical (unpaired) electrons. The lowest BCUT2D eigenvalue weighted by molar-refractivity contribution is -0.137. The number of imide groups is 1. The number of amides is 4. The van der Waals surface area contributed by atoms with Gasteiger partial charge in [-0.1, -0.05) is 30.9 Å². The first kappa shape index (κ1) is 19.6. The minimum atomic E-state index is -0.753. The van der Waals surface area contributed by atoms with Gasteiger partial charge in [0.05, 0.1) is 6.04 Å². The first-order valence-corrected chi connectivity index (χ1v) is 11.1. The minimum absolute atomic E-state index is 0.156. The van der Waals surface area contributed by atoms with Crippen LogP contribution in [0.2, 0.25) is 5.02 Å². The minimum Gasteiger partial charge on any atom is -0.348 e. The summed E-state index contributed by atoms with van der Waals surface area (Å²) in [6.45, 7) is -0.233. The molecule has 1 N–H and O–H groups in total. The van der Waals surface area contributed by atoms with E-state index in [0.717, 1.165) is 46.8 Å². The van der Waals surface area contributed by atoms with Crippen molar-refractivity contribution in [1.29, 1.82) is 0 Å². The molecule has 1 atom stereocenters. The van der Waals surface area contributed by atoms with Crippen LogP contribution < -0.4 is 5.32 Å². The van der Waals surface area contributed by atoms with Crippen molar-refractivity contribution in [3.05, 3.63) is 28.8 Å². The van der Waals surface area contributed by atoms with Crippen molar-refractivity contribution in [3.8, 4) is 0 Å². The van der Waals surface area contributed by atoms with E-state index in [0.29, 0.717) is 17.9 Å². The van der Waals surface area contributed by atoms with Gasteiger partial charge >= 0.3 is 6.03 Å². The van der Waals surface area contributed by atoms with Crippen molar-refractivity contribution in [2.45, 2.75) is 55.0 Å². The van der Waals surface area contributed by atoms with Crippen molar-refractivity contribution >= 4 is 41.2 Å². The third kappa shape index (κ3) is 3.28. The van der Waals surface area contributed by atoms with Crippen LogP contribution in [0.5, 0.6) is 0 Å². The highest BCUT2D eigenvalue weighted by Gasteiger charge is 2.55. The number of halogens is 1. The second kappa shape index (κ2) is 7.59. The van der Waals surface area contributed by atoms with Gasteiger partial charge in [-0.2, -0.15) is 0 Å². The van der Waals surface area contributed by atoms with Gasteiger partial charge in [0.15, 0.2) is 0 Å². The monoisotopic (exact) mass is 421 g/mol. The molecule has 6 nitrogen and oxygen atoms in total. The van der Waals surface area contributed by atoms with Gasteiger partial charge in [-0.15, -0.1) is 11.8 Å². The zero-order chi connectivity index (χ0) is 19.9. The number of carbonyl (C=O) groups excluding carboxylic acids is 3. The fourth-order valence-corrected chi connectivity index (χ4v) is 5.86. The highest BCUT2D eigenvalue weighted by atomic mass is 35.5. The quantitative estimate of drug-likeness (QED) is 0.757. The zero-order valence-electron chi connectivity index (χ0n) is 15.9. The Morgan fingerprint density at radius 2 is 2.04 bits per heavy atom. The Balaban J connectivity index is 1.47. The van der Waals surface area contributed by atoms with Gasteiger partial charge in [0, 0.05) is 22.7 Å². The number of nitrogens with one attached hydrogen (secondary N) is 1. The predicted molar refractivity (Wildman–Crippen MR) is 108 cm³/mol. The van der Waals surface area contributed by atoms with Gasteiger partial charge in [0.2, 0.25) is 5.91 Å². The van der Waals surface area contributed by atoms with Gasteiger partial charge in [-0.05, 0) is 43.0 Å². The van der Waals surface area contributed by atoms with Crippen LogP contribution in [-0.4, -0.2) is 52.5 Å². The Kier molecular flexibility index (Phi) is 5.31. The van der Waals surface area contributed by atoms with Crippen LogP contribution >= 0.6 is 23.4 Å². The standard InChI is InChI=1S/C20H24ClN3O3S/c1-23-19(27)24(18(26)20(23)8-3-2-4-9-20)12-17(25)22-15-7-10-28-16-6-5-13(21)11-14(15)16/h5-6,11,15H,2-4,7-10,12H2,1H3,(H,22,25). The molecular weight excluding hydrogens is 398 g/mol. The average molecular weight is 422 g/mol. The van der Waals surface area contributed by atoms with E-state index >= 15 is 0 Å². The van der Waals surface area contributed by atoms with Crippen molar-refractivity contribution < 1.29 is 14.4 Å². The molecule has 2 fully saturated rings. The fourth-order valence-electron chi connectivity index (χ4n) is 4.57. The number of urea groups is 1. The van der Waals surface area contributed by atoms with Crippen molar-refractivity contribution in [2.24, 2.45) is 0 Å². The Hall–Kier alpha value is -1.73. The molecule has 3 aliphatic rings. The molecule has 1 unspecified atom stereocenters. The van der Waals surface area contributed by atoms with Crippen LogP contribution in [0.15, 0.2) is 23.1 Å². The number of likely N-dealkylation sites (N-methyl/N-ethyl adjacent to an activating group) is 1. The fraction of sp³-hybridized carbons (Fsp3) is 0.550. The molecule has 1 spiro atoms. The molecule has 4 amide bonds. The Morgan fingerprint density at radius 3 is 2.79 bits per heavy atom. The maximum atomic E-state index is 13.0. The van der Waals surface area contributed by atoms with Crippen LogP contribution in [0.4, 0.5) is 4.79 Å². The molecular formula is C20H24ClN3O3S. The number of hydrogen-bond acceptors (Lipinski definition) is 4. The summed E-state index contributed by atoms with van der Waals surface area (Å²) >= 11 is 7.87. The smallest absolute Gasteiger partial charge is 0.327 e. The van der Waals surface area contributed by atoms with Gasteiger partial charge in [-0.25, -0.2) is 4.79 Å². The summed E-state index contributed by atoms with van der Waals surface area (Å²) in [5.41, 5.74) is 0.245. The number of thioether (sulfide) groups is 1. The largest absolute Gasteiger partial charge is 0.348 e. The molecule has 0 aromatic heterocycles. The highest BCUT2D eigenvalue weighted by Crippen LogP contribution is 2.40. The van der Waals surface area contributed by atoms with Crippen LogP contribution in [0, 0.1) is 0 Å². The van der Waals surface area contributed by atoms with E-state index in [4.69, 9.17) is 11.6 Å². The summed E-state index contributed by atoms with van der Waals surface area (Å²) in [6, 6.07) is 5.17. The Labute approximate surface area is 174 Å². The summed E-state index contributed by atoms with van der Waals surface area (Å²) in [4.78, 5) is 42.2. The Bertz CT molecular complexity index is 825. The summed E-state index contributed by atoms with van der Waals surface area (Å²) in [6.07, 6.45) is 5.09. The molecule has 28 heavy (non-hydrogen) atoms. The lowest BCUT2D eigenvalue weighted by Crippen LogP contribution is -2.49. The molecule has 8 heteroatoms. The topological polar surface area (TPSA) is 69.7 Å². The first-order chi connectivity index (χ1) is 13.4.